The van der Waals surface area contributed by atoms with Crippen LogP contribution >= 0.6 is 11.3 Å². The fourth-order valence-corrected chi connectivity index (χ4v) is 2.97. The van der Waals surface area contributed by atoms with E-state index < -0.39 is 6.10 Å². The molecule has 2 atom stereocenters. The summed E-state index contributed by atoms with van der Waals surface area (Å²) in [5, 5.41) is 10.5. The minimum absolute atomic E-state index is 0.392. The lowest BCUT2D eigenvalue weighted by atomic mass is 10.1. The van der Waals surface area contributed by atoms with Gasteiger partial charge in [0, 0.05) is 18.8 Å². The normalized spacial score (nSPS) is 24.2. The smallest absolute Gasteiger partial charge is 0.185 e. The van der Waals surface area contributed by atoms with Gasteiger partial charge in [0.15, 0.2) is 5.13 Å². The number of nitrogens with zero attached hydrogens (tertiary/aromatic N) is 2. The SMILES string of the molecule is CC(O)c1cnc(N2CCCCC2C)s1. The van der Waals surface area contributed by atoms with Gasteiger partial charge in [0.2, 0.25) is 0 Å². The third-order valence-electron chi connectivity index (χ3n) is 2.97. The standard InChI is InChI=1S/C11H18N2OS/c1-8-5-3-4-6-13(8)11-12-7-10(15-11)9(2)14/h7-9,14H,3-6H2,1-2H3. The average Bonchev–Trinajstić information content (AvgIpc) is 2.67. The van der Waals surface area contributed by atoms with Gasteiger partial charge in [0.25, 0.3) is 0 Å². The molecule has 2 rings (SSSR count). The van der Waals surface area contributed by atoms with Gasteiger partial charge in [-0.15, -0.1) is 0 Å². The first-order chi connectivity index (χ1) is 7.18. The molecule has 1 aliphatic rings. The lowest BCUT2D eigenvalue weighted by molar-refractivity contribution is 0.203. The predicted molar refractivity (Wildman–Crippen MR) is 63.4 cm³/mol. The minimum Gasteiger partial charge on any atom is -0.388 e. The summed E-state index contributed by atoms with van der Waals surface area (Å²) in [4.78, 5) is 7.72. The molecule has 15 heavy (non-hydrogen) atoms. The van der Waals surface area contributed by atoms with Crippen LogP contribution in [0.1, 0.15) is 44.1 Å². The van der Waals surface area contributed by atoms with Crippen molar-refractivity contribution in [3.05, 3.63) is 11.1 Å². The highest BCUT2D eigenvalue weighted by Gasteiger charge is 2.21. The monoisotopic (exact) mass is 226 g/mol. The molecule has 0 bridgehead atoms. The Morgan fingerprint density at radius 1 is 1.60 bits per heavy atom. The zero-order chi connectivity index (χ0) is 10.8. The molecule has 0 aromatic carbocycles. The second kappa shape index (κ2) is 4.49. The molecule has 1 aromatic rings. The van der Waals surface area contributed by atoms with E-state index >= 15 is 0 Å². The van der Waals surface area contributed by atoms with Gasteiger partial charge >= 0.3 is 0 Å². The third-order valence-corrected chi connectivity index (χ3v) is 4.18. The van der Waals surface area contributed by atoms with Gasteiger partial charge in [-0.3, -0.25) is 0 Å². The average molecular weight is 226 g/mol. The maximum absolute atomic E-state index is 9.45. The number of anilines is 1. The lowest BCUT2D eigenvalue weighted by Gasteiger charge is -2.33. The summed E-state index contributed by atoms with van der Waals surface area (Å²) in [6.07, 6.45) is 5.24. The second-order valence-corrected chi connectivity index (χ2v) is 5.30. The zero-order valence-electron chi connectivity index (χ0n) is 9.31. The van der Waals surface area contributed by atoms with Crippen molar-refractivity contribution in [2.75, 3.05) is 11.4 Å². The van der Waals surface area contributed by atoms with E-state index in [9.17, 15) is 5.11 Å². The molecule has 0 spiro atoms. The fourth-order valence-electron chi connectivity index (χ4n) is 1.99. The van der Waals surface area contributed by atoms with Crippen LogP contribution in [0.3, 0.4) is 0 Å². The van der Waals surface area contributed by atoms with E-state index in [4.69, 9.17) is 0 Å². The molecule has 1 N–H and O–H groups in total. The first-order valence-corrected chi connectivity index (χ1v) is 6.40. The molecule has 1 aliphatic heterocycles. The van der Waals surface area contributed by atoms with Gasteiger partial charge in [0.1, 0.15) is 0 Å². The Morgan fingerprint density at radius 3 is 3.00 bits per heavy atom. The first-order valence-electron chi connectivity index (χ1n) is 5.59. The summed E-state index contributed by atoms with van der Waals surface area (Å²) in [7, 11) is 0. The van der Waals surface area contributed by atoms with Crippen LogP contribution in [-0.2, 0) is 0 Å². The van der Waals surface area contributed by atoms with Crippen LogP contribution in [-0.4, -0.2) is 22.7 Å². The Kier molecular flexibility index (Phi) is 3.26. The highest BCUT2D eigenvalue weighted by Crippen LogP contribution is 2.31. The van der Waals surface area contributed by atoms with Gasteiger partial charge in [-0.1, -0.05) is 11.3 Å². The van der Waals surface area contributed by atoms with Gasteiger partial charge < -0.3 is 10.0 Å². The number of piperidine rings is 1. The maximum atomic E-state index is 9.45. The molecule has 0 amide bonds. The predicted octanol–water partition coefficient (Wildman–Crippen LogP) is 2.58. The second-order valence-electron chi connectivity index (χ2n) is 4.26. The van der Waals surface area contributed by atoms with Crippen molar-refractivity contribution in [2.24, 2.45) is 0 Å². The van der Waals surface area contributed by atoms with E-state index in [0.29, 0.717) is 6.04 Å². The maximum Gasteiger partial charge on any atom is 0.185 e. The van der Waals surface area contributed by atoms with Crippen molar-refractivity contribution in [2.45, 2.75) is 45.3 Å². The van der Waals surface area contributed by atoms with E-state index in [2.05, 4.69) is 16.8 Å². The molecule has 1 aromatic heterocycles. The van der Waals surface area contributed by atoms with E-state index in [1.54, 1.807) is 24.5 Å². The van der Waals surface area contributed by atoms with Crippen molar-refractivity contribution in [1.82, 2.24) is 4.98 Å². The summed E-state index contributed by atoms with van der Waals surface area (Å²) in [5.74, 6) is 0. The van der Waals surface area contributed by atoms with Gasteiger partial charge in [-0.05, 0) is 33.1 Å². The fraction of sp³-hybridized carbons (Fsp3) is 0.727. The van der Waals surface area contributed by atoms with Crippen LogP contribution < -0.4 is 4.90 Å². The number of thiazole rings is 1. The molecule has 84 valence electrons. The topological polar surface area (TPSA) is 36.4 Å². The Morgan fingerprint density at radius 2 is 2.40 bits per heavy atom. The highest BCUT2D eigenvalue weighted by molar-refractivity contribution is 7.15. The summed E-state index contributed by atoms with van der Waals surface area (Å²) in [5.41, 5.74) is 0. The number of hydrogen-bond acceptors (Lipinski definition) is 4. The first kappa shape index (κ1) is 10.9. The van der Waals surface area contributed by atoms with E-state index in [0.717, 1.165) is 16.6 Å². The molecule has 2 unspecified atom stereocenters. The van der Waals surface area contributed by atoms with Gasteiger partial charge in [0.05, 0.1) is 11.0 Å². The summed E-state index contributed by atoms with van der Waals surface area (Å²) in [6.45, 7) is 5.15. The van der Waals surface area contributed by atoms with Gasteiger partial charge in [-0.2, -0.15) is 0 Å². The summed E-state index contributed by atoms with van der Waals surface area (Å²) < 4.78 is 0. The molecule has 0 radical (unpaired) electrons. The van der Waals surface area contributed by atoms with Gasteiger partial charge in [-0.25, -0.2) is 4.98 Å². The largest absolute Gasteiger partial charge is 0.388 e. The Bertz CT molecular complexity index is 324. The Balaban J connectivity index is 2.13. The molecule has 0 aliphatic carbocycles. The van der Waals surface area contributed by atoms with E-state index in [1.165, 1.54) is 19.3 Å². The highest BCUT2D eigenvalue weighted by atomic mass is 32.1. The van der Waals surface area contributed by atoms with Crippen molar-refractivity contribution in [3.8, 4) is 0 Å². The van der Waals surface area contributed by atoms with Crippen molar-refractivity contribution < 1.29 is 5.11 Å². The molecular weight excluding hydrogens is 208 g/mol. The van der Waals surface area contributed by atoms with Crippen molar-refractivity contribution in [1.29, 1.82) is 0 Å². The van der Waals surface area contributed by atoms with E-state index in [1.807, 2.05) is 0 Å². The molecule has 3 nitrogen and oxygen atoms in total. The number of aliphatic hydroxyl groups excluding tert-OH is 1. The molecule has 2 heterocycles. The molecule has 1 fully saturated rings. The lowest BCUT2D eigenvalue weighted by Crippen LogP contribution is -2.37. The number of hydrogen-bond donors (Lipinski definition) is 1. The minimum atomic E-state index is -0.392. The molecular formula is C11H18N2OS. The van der Waals surface area contributed by atoms with Crippen LogP contribution in [0, 0.1) is 0 Å². The van der Waals surface area contributed by atoms with Crippen LogP contribution in [0.25, 0.3) is 0 Å². The molecule has 0 saturated carbocycles. The number of aromatic nitrogens is 1. The Labute approximate surface area is 94.8 Å². The molecule has 1 saturated heterocycles. The summed E-state index contributed by atoms with van der Waals surface area (Å²) in [6, 6.07) is 0.590. The molecule has 4 heteroatoms. The zero-order valence-corrected chi connectivity index (χ0v) is 10.1. The Hall–Kier alpha value is -0.610. The van der Waals surface area contributed by atoms with Crippen LogP contribution in [0.2, 0.25) is 0 Å². The third kappa shape index (κ3) is 2.32. The van der Waals surface area contributed by atoms with Crippen molar-refractivity contribution in [3.63, 3.8) is 0 Å². The van der Waals surface area contributed by atoms with Crippen molar-refractivity contribution >= 4 is 16.5 Å². The number of aliphatic hydroxyl groups is 1. The van der Waals surface area contributed by atoms with Crippen LogP contribution in [0.5, 0.6) is 0 Å². The van der Waals surface area contributed by atoms with Crippen LogP contribution in [0.4, 0.5) is 5.13 Å². The van der Waals surface area contributed by atoms with Crippen LogP contribution in [0.15, 0.2) is 6.20 Å². The quantitative estimate of drug-likeness (QED) is 0.842. The summed E-state index contributed by atoms with van der Waals surface area (Å²) >= 11 is 1.62. The number of rotatable bonds is 2. The van der Waals surface area contributed by atoms with E-state index in [-0.39, 0.29) is 0 Å².